The number of esters is 1. The molecular formula is C25H25N3O6S. The van der Waals surface area contributed by atoms with Crippen molar-refractivity contribution in [2.45, 2.75) is 13.5 Å². The van der Waals surface area contributed by atoms with Crippen LogP contribution in [0.15, 0.2) is 72.8 Å². The summed E-state index contributed by atoms with van der Waals surface area (Å²) in [5.41, 5.74) is 2.56. The van der Waals surface area contributed by atoms with E-state index < -0.39 is 28.5 Å². The Morgan fingerprint density at radius 3 is 2.09 bits per heavy atom. The zero-order valence-corrected chi connectivity index (χ0v) is 20.0. The van der Waals surface area contributed by atoms with Gasteiger partial charge in [-0.15, -0.1) is 0 Å². The Morgan fingerprint density at radius 2 is 1.43 bits per heavy atom. The molecule has 0 saturated carbocycles. The highest BCUT2D eigenvalue weighted by atomic mass is 32.2. The highest BCUT2D eigenvalue weighted by Crippen LogP contribution is 2.18. The van der Waals surface area contributed by atoms with E-state index >= 15 is 0 Å². The molecule has 0 atom stereocenters. The summed E-state index contributed by atoms with van der Waals surface area (Å²) >= 11 is 0. The van der Waals surface area contributed by atoms with Crippen LogP contribution in [0.3, 0.4) is 0 Å². The van der Waals surface area contributed by atoms with Gasteiger partial charge in [0.2, 0.25) is 10.0 Å². The van der Waals surface area contributed by atoms with Crippen LogP contribution in [0.25, 0.3) is 0 Å². The first-order valence-electron chi connectivity index (χ1n) is 10.6. The van der Waals surface area contributed by atoms with Crippen molar-refractivity contribution in [3.63, 3.8) is 0 Å². The Kier molecular flexibility index (Phi) is 8.21. The van der Waals surface area contributed by atoms with Gasteiger partial charge in [-0.2, -0.15) is 0 Å². The Bertz CT molecular complexity index is 1340. The molecule has 0 spiro atoms. The Labute approximate surface area is 203 Å². The molecule has 0 fully saturated rings. The standard InChI is InChI=1S/C25H25N3O6S/c1-17-11-13-18(14-12-17)15-26-24(30)19-7-3-5-9-21(19)27-23(29)16-34-25(31)20-8-4-6-10-22(20)28-35(2,32)33/h3-14,28H,15-16H2,1-2H3,(H,26,30)(H,27,29). The lowest BCUT2D eigenvalue weighted by Crippen LogP contribution is -2.26. The lowest BCUT2D eigenvalue weighted by molar-refractivity contribution is -0.119. The van der Waals surface area contributed by atoms with E-state index in [2.05, 4.69) is 15.4 Å². The molecule has 2 amide bonds. The maximum Gasteiger partial charge on any atom is 0.340 e. The van der Waals surface area contributed by atoms with Gasteiger partial charge in [0.15, 0.2) is 6.61 Å². The molecule has 0 bridgehead atoms. The normalized spacial score (nSPS) is 10.8. The molecular weight excluding hydrogens is 470 g/mol. The van der Waals surface area contributed by atoms with Crippen LogP contribution >= 0.6 is 0 Å². The molecule has 0 aromatic heterocycles. The fourth-order valence-corrected chi connectivity index (χ4v) is 3.70. The summed E-state index contributed by atoms with van der Waals surface area (Å²) in [4.78, 5) is 37.5. The number of amides is 2. The van der Waals surface area contributed by atoms with Gasteiger partial charge in [-0.1, -0.05) is 54.1 Å². The highest BCUT2D eigenvalue weighted by Gasteiger charge is 2.18. The fourth-order valence-electron chi connectivity index (χ4n) is 3.12. The topological polar surface area (TPSA) is 131 Å². The maximum absolute atomic E-state index is 12.7. The second-order valence-electron chi connectivity index (χ2n) is 7.76. The van der Waals surface area contributed by atoms with E-state index in [-0.39, 0.29) is 28.4 Å². The summed E-state index contributed by atoms with van der Waals surface area (Å²) in [6.07, 6.45) is 0.955. The predicted molar refractivity (Wildman–Crippen MR) is 133 cm³/mol. The van der Waals surface area contributed by atoms with Crippen LogP contribution in [-0.2, 0) is 26.1 Å². The number of nitrogens with one attached hydrogen (secondary N) is 3. The molecule has 0 aliphatic carbocycles. The Hall–Kier alpha value is -4.18. The summed E-state index contributed by atoms with van der Waals surface area (Å²) in [5.74, 6) is -1.92. The minimum Gasteiger partial charge on any atom is -0.452 e. The molecule has 0 unspecified atom stereocenters. The summed E-state index contributed by atoms with van der Waals surface area (Å²) in [7, 11) is -3.62. The minimum atomic E-state index is -3.62. The van der Waals surface area contributed by atoms with Crippen LogP contribution in [0.5, 0.6) is 0 Å². The van der Waals surface area contributed by atoms with Crippen molar-refractivity contribution in [1.82, 2.24) is 5.32 Å². The molecule has 3 rings (SSSR count). The molecule has 3 N–H and O–H groups in total. The summed E-state index contributed by atoms with van der Waals surface area (Å²) < 4.78 is 30.3. The van der Waals surface area contributed by atoms with Gasteiger partial charge in [0.05, 0.1) is 28.8 Å². The average Bonchev–Trinajstić information content (AvgIpc) is 2.81. The van der Waals surface area contributed by atoms with Gasteiger partial charge in [-0.05, 0) is 36.8 Å². The third-order valence-electron chi connectivity index (χ3n) is 4.80. The van der Waals surface area contributed by atoms with Crippen LogP contribution in [-0.4, -0.2) is 39.1 Å². The van der Waals surface area contributed by atoms with Crippen molar-refractivity contribution in [2.75, 3.05) is 22.9 Å². The maximum atomic E-state index is 12.7. The summed E-state index contributed by atoms with van der Waals surface area (Å²) in [6, 6.07) is 20.1. The molecule has 0 heterocycles. The molecule has 182 valence electrons. The molecule has 3 aromatic rings. The zero-order valence-electron chi connectivity index (χ0n) is 19.2. The monoisotopic (exact) mass is 495 g/mol. The first-order chi connectivity index (χ1) is 16.6. The van der Waals surface area contributed by atoms with Gasteiger partial charge in [0.1, 0.15) is 0 Å². The molecule has 10 heteroatoms. The number of carbonyl (C=O) groups excluding carboxylic acids is 3. The Balaban J connectivity index is 1.60. The van der Waals surface area contributed by atoms with E-state index in [1.54, 1.807) is 30.3 Å². The van der Waals surface area contributed by atoms with E-state index in [1.165, 1.54) is 18.2 Å². The first-order valence-corrected chi connectivity index (χ1v) is 12.5. The van der Waals surface area contributed by atoms with Gasteiger partial charge in [-0.3, -0.25) is 14.3 Å². The smallest absolute Gasteiger partial charge is 0.340 e. The first kappa shape index (κ1) is 25.4. The molecule has 35 heavy (non-hydrogen) atoms. The number of benzene rings is 3. The number of para-hydroxylation sites is 2. The fraction of sp³-hybridized carbons (Fsp3) is 0.160. The van der Waals surface area contributed by atoms with Gasteiger partial charge in [-0.25, -0.2) is 13.2 Å². The highest BCUT2D eigenvalue weighted by molar-refractivity contribution is 7.92. The van der Waals surface area contributed by atoms with Crippen LogP contribution < -0.4 is 15.4 Å². The number of anilines is 2. The number of ether oxygens (including phenoxy) is 1. The van der Waals surface area contributed by atoms with E-state index in [4.69, 9.17) is 4.74 Å². The van der Waals surface area contributed by atoms with Crippen LogP contribution in [0.4, 0.5) is 11.4 Å². The molecule has 0 aliphatic heterocycles. The van der Waals surface area contributed by atoms with Crippen molar-refractivity contribution < 1.29 is 27.5 Å². The number of hydrogen-bond acceptors (Lipinski definition) is 6. The second-order valence-corrected chi connectivity index (χ2v) is 9.51. The van der Waals surface area contributed by atoms with Crippen molar-refractivity contribution in [1.29, 1.82) is 0 Å². The number of aryl methyl sites for hydroxylation is 1. The van der Waals surface area contributed by atoms with Crippen LogP contribution in [0.2, 0.25) is 0 Å². The van der Waals surface area contributed by atoms with Gasteiger partial charge in [0.25, 0.3) is 11.8 Å². The van der Waals surface area contributed by atoms with Gasteiger partial charge >= 0.3 is 5.97 Å². The van der Waals surface area contributed by atoms with Crippen LogP contribution in [0.1, 0.15) is 31.8 Å². The van der Waals surface area contributed by atoms with Gasteiger partial charge in [0, 0.05) is 6.54 Å². The van der Waals surface area contributed by atoms with Crippen molar-refractivity contribution in [3.05, 3.63) is 95.1 Å². The summed E-state index contributed by atoms with van der Waals surface area (Å²) in [6.45, 7) is 1.66. The van der Waals surface area contributed by atoms with Crippen LogP contribution in [0, 0.1) is 6.92 Å². The quantitative estimate of drug-likeness (QED) is 0.391. The zero-order chi connectivity index (χ0) is 25.4. The molecule has 0 radical (unpaired) electrons. The molecule has 0 saturated heterocycles. The largest absolute Gasteiger partial charge is 0.452 e. The van der Waals surface area contributed by atoms with E-state index in [9.17, 15) is 22.8 Å². The minimum absolute atomic E-state index is 0.0380. The van der Waals surface area contributed by atoms with Crippen molar-refractivity contribution >= 4 is 39.2 Å². The third kappa shape index (κ3) is 7.68. The number of rotatable bonds is 9. The lowest BCUT2D eigenvalue weighted by Gasteiger charge is -2.13. The SMILES string of the molecule is Cc1ccc(CNC(=O)c2ccccc2NC(=O)COC(=O)c2ccccc2NS(C)(=O)=O)cc1. The van der Waals surface area contributed by atoms with E-state index in [0.29, 0.717) is 6.54 Å². The van der Waals surface area contributed by atoms with Crippen molar-refractivity contribution in [2.24, 2.45) is 0 Å². The molecule has 9 nitrogen and oxygen atoms in total. The second kappa shape index (κ2) is 11.3. The van der Waals surface area contributed by atoms with Gasteiger partial charge < -0.3 is 15.4 Å². The number of hydrogen-bond donors (Lipinski definition) is 3. The third-order valence-corrected chi connectivity index (χ3v) is 5.39. The lowest BCUT2D eigenvalue weighted by atomic mass is 10.1. The average molecular weight is 496 g/mol. The number of carbonyl (C=O) groups is 3. The molecule has 3 aromatic carbocycles. The molecule has 0 aliphatic rings. The predicted octanol–water partition coefficient (Wildman–Crippen LogP) is 3.09. The van der Waals surface area contributed by atoms with Crippen molar-refractivity contribution in [3.8, 4) is 0 Å². The summed E-state index contributed by atoms with van der Waals surface area (Å²) in [5, 5.41) is 5.38. The Morgan fingerprint density at radius 1 is 0.829 bits per heavy atom. The van der Waals surface area contributed by atoms with E-state index in [0.717, 1.165) is 17.4 Å². The number of sulfonamides is 1. The van der Waals surface area contributed by atoms with E-state index in [1.807, 2.05) is 31.2 Å².